The molecule has 2 unspecified atom stereocenters. The van der Waals surface area contributed by atoms with Crippen molar-refractivity contribution in [3.05, 3.63) is 17.5 Å². The Hall–Kier alpha value is 0.807. The van der Waals surface area contributed by atoms with Crippen molar-refractivity contribution in [3.8, 4) is 0 Å². The van der Waals surface area contributed by atoms with Crippen LogP contribution in [0.3, 0.4) is 0 Å². The summed E-state index contributed by atoms with van der Waals surface area (Å²) in [6, 6.07) is 0. The first-order valence-corrected chi connectivity index (χ1v) is 3.93. The van der Waals surface area contributed by atoms with Crippen LogP contribution in [0.5, 0.6) is 0 Å². The SMILES string of the molecule is COC1(Cl)C=CC[C-](Cl)C1F.[Li+]. The van der Waals surface area contributed by atoms with E-state index in [4.69, 9.17) is 27.9 Å². The summed E-state index contributed by atoms with van der Waals surface area (Å²) in [5, 5.41) is -1.21. The predicted molar refractivity (Wildman–Crippen MR) is 43.3 cm³/mol. The first-order chi connectivity index (χ1) is 5.10. The molecule has 64 valence electrons. The Balaban J connectivity index is 0.00000121. The number of hydrogen-bond acceptors (Lipinski definition) is 1. The normalized spacial score (nSPS) is 36.2. The Morgan fingerprint density at radius 2 is 2.33 bits per heavy atom. The quantitative estimate of drug-likeness (QED) is 0.246. The van der Waals surface area contributed by atoms with Gasteiger partial charge in [-0.2, -0.15) is 5.38 Å². The van der Waals surface area contributed by atoms with E-state index >= 15 is 0 Å². The van der Waals surface area contributed by atoms with Gasteiger partial charge in [0.1, 0.15) is 0 Å². The molecule has 0 bridgehead atoms. The topological polar surface area (TPSA) is 9.23 Å². The molecule has 0 aromatic heterocycles. The molecule has 0 spiro atoms. The smallest absolute Gasteiger partial charge is 0.359 e. The monoisotopic (exact) mass is 204 g/mol. The van der Waals surface area contributed by atoms with E-state index < -0.39 is 11.2 Å². The Labute approximate surface area is 93.4 Å². The molecule has 0 aromatic carbocycles. The molecule has 1 aliphatic carbocycles. The Morgan fingerprint density at radius 1 is 1.75 bits per heavy atom. The number of alkyl halides is 2. The summed E-state index contributed by atoms with van der Waals surface area (Å²) in [4.78, 5) is 0. The van der Waals surface area contributed by atoms with Crippen LogP contribution in [0, 0.1) is 5.38 Å². The molecule has 1 nitrogen and oxygen atoms in total. The molecular formula is C7H8Cl2FLiO. The van der Waals surface area contributed by atoms with Crippen LogP contribution in [-0.4, -0.2) is 18.3 Å². The summed E-state index contributed by atoms with van der Waals surface area (Å²) in [7, 11) is 1.35. The van der Waals surface area contributed by atoms with Crippen molar-refractivity contribution in [2.24, 2.45) is 0 Å². The van der Waals surface area contributed by atoms with E-state index in [1.807, 2.05) is 0 Å². The maximum absolute atomic E-state index is 13.1. The van der Waals surface area contributed by atoms with Crippen LogP contribution >= 0.6 is 23.2 Å². The van der Waals surface area contributed by atoms with Crippen molar-refractivity contribution in [1.29, 1.82) is 0 Å². The van der Waals surface area contributed by atoms with Crippen molar-refractivity contribution >= 4 is 23.2 Å². The summed E-state index contributed by atoms with van der Waals surface area (Å²) >= 11 is 11.3. The molecule has 0 saturated heterocycles. The minimum atomic E-state index is -1.43. The summed E-state index contributed by atoms with van der Waals surface area (Å²) in [6.45, 7) is 0. The second-order valence-electron chi connectivity index (χ2n) is 2.32. The van der Waals surface area contributed by atoms with Crippen molar-refractivity contribution in [2.45, 2.75) is 17.7 Å². The third-order valence-corrected chi connectivity index (χ3v) is 2.41. The van der Waals surface area contributed by atoms with E-state index in [2.05, 4.69) is 0 Å². The maximum atomic E-state index is 13.1. The molecule has 1 rings (SSSR count). The summed E-state index contributed by atoms with van der Waals surface area (Å²) in [5.74, 6) is 0. The van der Waals surface area contributed by atoms with Crippen LogP contribution in [0.2, 0.25) is 0 Å². The van der Waals surface area contributed by atoms with Gasteiger partial charge in [-0.15, -0.1) is 12.5 Å². The minimum Gasteiger partial charge on any atom is -0.359 e. The molecule has 2 atom stereocenters. The van der Waals surface area contributed by atoms with E-state index in [0.717, 1.165) is 0 Å². The van der Waals surface area contributed by atoms with Crippen LogP contribution in [0.1, 0.15) is 6.42 Å². The van der Waals surface area contributed by atoms with Gasteiger partial charge in [0, 0.05) is 13.3 Å². The molecular weight excluding hydrogens is 197 g/mol. The van der Waals surface area contributed by atoms with Crippen LogP contribution in [-0.2, 0) is 4.74 Å². The van der Waals surface area contributed by atoms with E-state index in [0.29, 0.717) is 6.42 Å². The molecule has 0 saturated carbocycles. The summed E-state index contributed by atoms with van der Waals surface area (Å²) in [5.41, 5.74) is 0. The van der Waals surface area contributed by atoms with E-state index in [1.54, 1.807) is 6.08 Å². The van der Waals surface area contributed by atoms with Crippen LogP contribution in [0.4, 0.5) is 4.39 Å². The molecule has 0 heterocycles. The number of rotatable bonds is 1. The number of halogens is 3. The van der Waals surface area contributed by atoms with Gasteiger partial charge in [0.25, 0.3) is 0 Å². The number of ether oxygens (including phenoxy) is 1. The second-order valence-corrected chi connectivity index (χ2v) is 3.39. The number of hydrogen-bond donors (Lipinski definition) is 0. The third-order valence-electron chi connectivity index (χ3n) is 1.59. The van der Waals surface area contributed by atoms with Gasteiger partial charge >= 0.3 is 18.9 Å². The largest absolute Gasteiger partial charge is 1.00 e. The van der Waals surface area contributed by atoms with Gasteiger partial charge in [-0.05, 0) is 6.08 Å². The van der Waals surface area contributed by atoms with Gasteiger partial charge in [-0.25, -0.2) is 0 Å². The zero-order valence-corrected chi connectivity index (χ0v) is 8.49. The van der Waals surface area contributed by atoms with Gasteiger partial charge in [0.05, 0.1) is 0 Å². The maximum Gasteiger partial charge on any atom is 1.00 e. The fraction of sp³-hybridized carbons (Fsp3) is 0.571. The molecule has 0 aromatic rings. The van der Waals surface area contributed by atoms with Crippen molar-refractivity contribution in [3.63, 3.8) is 0 Å². The molecule has 1 aliphatic rings. The second kappa shape index (κ2) is 4.88. The Bertz CT molecular complexity index is 179. The average molecular weight is 205 g/mol. The number of methoxy groups -OCH3 is 1. The molecule has 0 radical (unpaired) electrons. The zero-order valence-electron chi connectivity index (χ0n) is 6.98. The fourth-order valence-corrected chi connectivity index (χ4v) is 1.43. The van der Waals surface area contributed by atoms with Crippen LogP contribution in [0.15, 0.2) is 12.2 Å². The van der Waals surface area contributed by atoms with Gasteiger partial charge in [0.2, 0.25) is 0 Å². The molecule has 0 N–H and O–H groups in total. The summed E-state index contributed by atoms with van der Waals surface area (Å²) in [6.07, 6.45) is 2.15. The van der Waals surface area contributed by atoms with E-state index in [1.165, 1.54) is 13.2 Å². The van der Waals surface area contributed by atoms with E-state index in [9.17, 15) is 4.39 Å². The third kappa shape index (κ3) is 2.40. The first kappa shape index (κ1) is 12.8. The standard InChI is InChI=1S/C7H8Cl2FO.Li/c1-11-7(9)4-2-3-5(8)6(7)10;/h2,4,6H,3H2,1H3;/q-1;+1. The molecule has 5 heteroatoms. The molecule has 0 fully saturated rings. The zero-order chi connectivity index (χ0) is 8.48. The van der Waals surface area contributed by atoms with Crippen molar-refractivity contribution < 1.29 is 28.0 Å². The van der Waals surface area contributed by atoms with Gasteiger partial charge in [0.15, 0.2) is 5.06 Å². The Morgan fingerprint density at radius 3 is 2.75 bits per heavy atom. The molecule has 0 aliphatic heterocycles. The Kier molecular flexibility index (Phi) is 5.21. The van der Waals surface area contributed by atoms with Crippen molar-refractivity contribution in [2.75, 3.05) is 7.11 Å². The van der Waals surface area contributed by atoms with Crippen LogP contribution in [0.25, 0.3) is 0 Å². The fourth-order valence-electron chi connectivity index (χ4n) is 0.905. The van der Waals surface area contributed by atoms with Crippen LogP contribution < -0.4 is 18.9 Å². The molecule has 12 heavy (non-hydrogen) atoms. The molecule has 0 amide bonds. The summed E-state index contributed by atoms with van der Waals surface area (Å²) < 4.78 is 17.9. The predicted octanol–water partition coefficient (Wildman–Crippen LogP) is -0.359. The van der Waals surface area contributed by atoms with Gasteiger partial charge in [-0.1, -0.05) is 11.6 Å². The van der Waals surface area contributed by atoms with Gasteiger partial charge in [-0.3, -0.25) is 4.39 Å². The van der Waals surface area contributed by atoms with Crippen molar-refractivity contribution in [1.82, 2.24) is 0 Å². The number of allylic oxidation sites excluding steroid dienone is 1. The van der Waals surface area contributed by atoms with E-state index in [-0.39, 0.29) is 24.2 Å². The average Bonchev–Trinajstić information content (AvgIpc) is 2.00. The first-order valence-electron chi connectivity index (χ1n) is 3.17. The van der Waals surface area contributed by atoms with Gasteiger partial charge < -0.3 is 16.3 Å². The minimum absolute atomic E-state index is 0.